The predicted octanol–water partition coefficient (Wildman–Crippen LogP) is 0.464. The molecule has 0 amide bonds. The number of esters is 1. The molecule has 0 aromatic heterocycles. The third-order valence-electron chi connectivity index (χ3n) is 2.42. The Morgan fingerprint density at radius 1 is 1.50 bits per heavy atom. The largest absolute Gasteiger partial charge is 0.776 e. The molecule has 7 heteroatoms. The zero-order chi connectivity index (χ0) is 14.8. The molecule has 0 aliphatic heterocycles. The van der Waals surface area contributed by atoms with Gasteiger partial charge in [-0.1, -0.05) is 13.5 Å². The Morgan fingerprint density at radius 3 is 2.17 bits per heavy atom. The van der Waals surface area contributed by atoms with Gasteiger partial charge in [0, 0.05) is 5.57 Å². The van der Waals surface area contributed by atoms with Gasteiger partial charge in [0.15, 0.2) is 7.60 Å². The molecule has 0 spiro atoms. The first-order valence-corrected chi connectivity index (χ1v) is 7.15. The van der Waals surface area contributed by atoms with Gasteiger partial charge in [-0.05, 0) is 13.3 Å². The second kappa shape index (κ2) is 5.53. The van der Waals surface area contributed by atoms with Crippen molar-refractivity contribution in [3.8, 4) is 0 Å². The molecule has 0 saturated heterocycles. The van der Waals surface area contributed by atoms with Gasteiger partial charge in [0.05, 0.1) is 21.1 Å². The lowest BCUT2D eigenvalue weighted by atomic mass is 10.2. The molecule has 0 aliphatic rings. The molecule has 1 N–H and O–H groups in total. The summed E-state index contributed by atoms with van der Waals surface area (Å²) >= 11 is 0. The summed E-state index contributed by atoms with van der Waals surface area (Å²) in [5, 5.41) is -1.92. The molecular formula is C11H22NO5P. The molecule has 0 saturated carbocycles. The maximum atomic E-state index is 11.6. The summed E-state index contributed by atoms with van der Waals surface area (Å²) in [5.74, 6) is -0.824. The van der Waals surface area contributed by atoms with E-state index in [0.717, 1.165) is 0 Å². The quantitative estimate of drug-likeness (QED) is 0.330. The fourth-order valence-corrected chi connectivity index (χ4v) is 2.76. The topological polar surface area (TPSA) is 86.7 Å². The van der Waals surface area contributed by atoms with E-state index >= 15 is 0 Å². The summed E-state index contributed by atoms with van der Waals surface area (Å²) < 4.78 is 16.8. The average Bonchev–Trinajstić information content (AvgIpc) is 2.12. The Bertz CT molecular complexity index is 381. The monoisotopic (exact) mass is 279 g/mol. The van der Waals surface area contributed by atoms with Crippen molar-refractivity contribution in [1.29, 1.82) is 0 Å². The predicted molar refractivity (Wildman–Crippen MR) is 66.7 cm³/mol. The van der Waals surface area contributed by atoms with Crippen LogP contribution in [-0.2, 0) is 14.1 Å². The summed E-state index contributed by atoms with van der Waals surface area (Å²) in [6.07, 6.45) is -0.0290. The molecule has 0 rings (SSSR count). The molecular weight excluding hydrogens is 257 g/mol. The van der Waals surface area contributed by atoms with Crippen molar-refractivity contribution in [2.75, 3.05) is 27.7 Å². The number of hydrogen-bond donors (Lipinski definition) is 1. The lowest BCUT2D eigenvalue weighted by Gasteiger charge is -2.42. The number of ether oxygens (including phenoxy) is 1. The third-order valence-corrected chi connectivity index (χ3v) is 4.00. The van der Waals surface area contributed by atoms with Crippen LogP contribution in [0, 0.1) is 0 Å². The molecule has 18 heavy (non-hydrogen) atoms. The molecule has 0 fully saturated rings. The zero-order valence-corrected chi connectivity index (χ0v) is 12.5. The van der Waals surface area contributed by atoms with Crippen molar-refractivity contribution in [3.05, 3.63) is 12.2 Å². The van der Waals surface area contributed by atoms with Gasteiger partial charge in [-0.25, -0.2) is 4.79 Å². The third kappa shape index (κ3) is 4.53. The van der Waals surface area contributed by atoms with Crippen LogP contribution in [0.4, 0.5) is 0 Å². The van der Waals surface area contributed by atoms with E-state index < -0.39 is 18.9 Å². The lowest BCUT2D eigenvalue weighted by Crippen LogP contribution is -2.52. The highest BCUT2D eigenvalue weighted by Crippen LogP contribution is 2.50. The maximum absolute atomic E-state index is 11.6. The minimum Gasteiger partial charge on any atom is -0.776 e. The number of rotatable bonds is 6. The highest BCUT2D eigenvalue weighted by molar-refractivity contribution is 7.52. The highest BCUT2D eigenvalue weighted by Gasteiger charge is 2.47. The van der Waals surface area contributed by atoms with Gasteiger partial charge in [-0.2, -0.15) is 0 Å². The summed E-state index contributed by atoms with van der Waals surface area (Å²) in [6, 6.07) is 0. The van der Waals surface area contributed by atoms with Gasteiger partial charge in [0.1, 0.15) is 6.54 Å². The van der Waals surface area contributed by atoms with Crippen molar-refractivity contribution in [2.24, 2.45) is 0 Å². The Balaban J connectivity index is 5.46. The van der Waals surface area contributed by atoms with Crippen molar-refractivity contribution in [2.45, 2.75) is 25.6 Å². The first kappa shape index (κ1) is 17.3. The van der Waals surface area contributed by atoms with Gasteiger partial charge in [-0.3, -0.25) is 0 Å². The van der Waals surface area contributed by atoms with Crippen LogP contribution in [0.1, 0.15) is 20.3 Å². The number of nitrogens with zero attached hydrogens (tertiary/aromatic N) is 1. The Hall–Kier alpha value is -0.680. The first-order chi connectivity index (χ1) is 7.84. The van der Waals surface area contributed by atoms with Crippen molar-refractivity contribution < 1.29 is 28.4 Å². The molecule has 0 aromatic carbocycles. The molecule has 0 radical (unpaired) electrons. The number of carbonyl (C=O) groups is 1. The molecule has 2 atom stereocenters. The standard InChI is InChI=1S/C11H22NO5P/c1-7-11(18(14,15)16,8-12(4,5)6)17-10(13)9(2)3/h2,7-8H2,1,3-6H3,(H-,14,15,16). The van der Waals surface area contributed by atoms with Crippen molar-refractivity contribution >= 4 is 13.6 Å². The average molecular weight is 279 g/mol. The second-order valence-corrected chi connectivity index (χ2v) is 7.29. The van der Waals surface area contributed by atoms with Gasteiger partial charge >= 0.3 is 5.97 Å². The van der Waals surface area contributed by atoms with Crippen molar-refractivity contribution in [1.82, 2.24) is 0 Å². The van der Waals surface area contributed by atoms with Crippen LogP contribution in [0.2, 0.25) is 0 Å². The van der Waals surface area contributed by atoms with Gasteiger partial charge in [-0.15, -0.1) is 0 Å². The fourth-order valence-electron chi connectivity index (χ4n) is 1.56. The van der Waals surface area contributed by atoms with Crippen LogP contribution in [-0.4, -0.2) is 48.4 Å². The van der Waals surface area contributed by atoms with Gasteiger partial charge < -0.3 is 23.6 Å². The summed E-state index contributed by atoms with van der Waals surface area (Å²) in [6.45, 7) is 6.32. The Kier molecular flexibility index (Phi) is 5.32. The van der Waals surface area contributed by atoms with E-state index in [9.17, 15) is 19.1 Å². The number of carbonyl (C=O) groups excluding carboxylic acids is 1. The molecule has 106 valence electrons. The molecule has 6 nitrogen and oxygen atoms in total. The van der Waals surface area contributed by atoms with Crippen LogP contribution in [0.5, 0.6) is 0 Å². The Morgan fingerprint density at radius 2 is 1.94 bits per heavy atom. The minimum absolute atomic E-state index is 0.0290. The summed E-state index contributed by atoms with van der Waals surface area (Å²) in [5.41, 5.74) is 0.0858. The summed E-state index contributed by atoms with van der Waals surface area (Å²) in [4.78, 5) is 32.5. The van der Waals surface area contributed by atoms with E-state index in [1.165, 1.54) is 6.92 Å². The molecule has 0 aromatic rings. The lowest BCUT2D eigenvalue weighted by molar-refractivity contribution is -0.875. The second-order valence-electron chi connectivity index (χ2n) is 5.44. The van der Waals surface area contributed by atoms with E-state index in [0.29, 0.717) is 0 Å². The molecule has 0 bridgehead atoms. The number of quaternary nitrogens is 1. The normalized spacial score (nSPS) is 18.6. The molecule has 0 aliphatic carbocycles. The van der Waals surface area contributed by atoms with Crippen LogP contribution in [0.3, 0.4) is 0 Å². The van der Waals surface area contributed by atoms with E-state index in [4.69, 9.17) is 4.74 Å². The van der Waals surface area contributed by atoms with Crippen LogP contribution in [0.15, 0.2) is 12.2 Å². The van der Waals surface area contributed by atoms with E-state index in [1.807, 2.05) is 0 Å². The van der Waals surface area contributed by atoms with E-state index in [-0.39, 0.29) is 23.0 Å². The highest BCUT2D eigenvalue weighted by atomic mass is 31.2. The molecule has 2 unspecified atom stereocenters. The Labute approximate surface area is 108 Å². The van der Waals surface area contributed by atoms with E-state index in [1.54, 1.807) is 28.1 Å². The molecule has 0 heterocycles. The smallest absolute Gasteiger partial charge is 0.334 e. The van der Waals surface area contributed by atoms with Crippen LogP contribution >= 0.6 is 7.60 Å². The van der Waals surface area contributed by atoms with Crippen LogP contribution < -0.4 is 4.89 Å². The van der Waals surface area contributed by atoms with Gasteiger partial charge in [0.2, 0.25) is 5.34 Å². The number of hydrogen-bond acceptors (Lipinski definition) is 4. The summed E-state index contributed by atoms with van der Waals surface area (Å²) in [7, 11) is 0.387. The van der Waals surface area contributed by atoms with Crippen molar-refractivity contribution in [3.63, 3.8) is 0 Å². The number of likely N-dealkylation sites (N-methyl/N-ethyl adjacent to an activating group) is 1. The first-order valence-electron chi connectivity index (χ1n) is 5.58. The zero-order valence-electron chi connectivity index (χ0n) is 11.6. The maximum Gasteiger partial charge on any atom is 0.334 e. The minimum atomic E-state index is -4.85. The van der Waals surface area contributed by atoms with Crippen LogP contribution in [0.25, 0.3) is 0 Å². The van der Waals surface area contributed by atoms with E-state index in [2.05, 4.69) is 6.58 Å². The van der Waals surface area contributed by atoms with Gasteiger partial charge in [0.25, 0.3) is 0 Å². The SMILES string of the molecule is C=C(C)C(=O)OC(CC)(C[N+](C)(C)C)P(=O)([O-])O. The fraction of sp³-hybridized carbons (Fsp3) is 0.727.